The molecule has 2 aromatic rings. The smallest absolute Gasteiger partial charge is 0.163 e. The molecule has 0 spiro atoms. The van der Waals surface area contributed by atoms with Crippen molar-refractivity contribution in [1.82, 2.24) is 14.8 Å². The molecule has 4 nitrogen and oxygen atoms in total. The number of aliphatic hydroxyl groups is 1. The van der Waals surface area contributed by atoms with Crippen molar-refractivity contribution in [2.75, 3.05) is 0 Å². The molecule has 1 heterocycles. The second kappa shape index (κ2) is 5.59. The predicted octanol–water partition coefficient (Wildman–Crippen LogP) is 2.10. The highest BCUT2D eigenvalue weighted by molar-refractivity contribution is 5.35. The van der Waals surface area contributed by atoms with E-state index in [9.17, 15) is 0 Å². The fourth-order valence-electron chi connectivity index (χ4n) is 1.79. The van der Waals surface area contributed by atoms with E-state index in [1.807, 2.05) is 12.1 Å². The highest BCUT2D eigenvalue weighted by Gasteiger charge is 2.04. The average molecular weight is 231 g/mol. The Hall–Kier alpha value is -1.68. The van der Waals surface area contributed by atoms with Crippen LogP contribution < -0.4 is 0 Å². The molecule has 2 rings (SSSR count). The normalized spacial score (nSPS) is 10.7. The van der Waals surface area contributed by atoms with E-state index in [4.69, 9.17) is 5.11 Å². The van der Waals surface area contributed by atoms with E-state index >= 15 is 0 Å². The van der Waals surface area contributed by atoms with Gasteiger partial charge in [0.25, 0.3) is 0 Å². The molecule has 0 atom stereocenters. The second-order valence-corrected chi connectivity index (χ2v) is 4.05. The first-order valence-corrected chi connectivity index (χ1v) is 5.94. The van der Waals surface area contributed by atoms with E-state index in [0.717, 1.165) is 12.1 Å². The van der Waals surface area contributed by atoms with Gasteiger partial charge in [-0.15, -0.1) is 10.2 Å². The standard InChI is InChI=1S/C13H17N3O/c1-2-3-4-11-5-7-12(8-6-11)16-10-14-15-13(16)9-17/h5-8,10,17H,2-4,9H2,1H3. The maximum absolute atomic E-state index is 9.12. The van der Waals surface area contributed by atoms with Crippen LogP contribution in [-0.4, -0.2) is 19.9 Å². The number of aryl methyl sites for hydroxylation is 1. The van der Waals surface area contributed by atoms with Crippen molar-refractivity contribution in [3.05, 3.63) is 42.0 Å². The minimum absolute atomic E-state index is 0.0996. The number of aromatic nitrogens is 3. The van der Waals surface area contributed by atoms with Crippen LogP contribution in [0.5, 0.6) is 0 Å². The molecule has 1 N–H and O–H groups in total. The second-order valence-electron chi connectivity index (χ2n) is 4.05. The van der Waals surface area contributed by atoms with E-state index in [-0.39, 0.29) is 6.61 Å². The lowest BCUT2D eigenvalue weighted by atomic mass is 10.1. The monoisotopic (exact) mass is 231 g/mol. The molecule has 0 fully saturated rings. The Kier molecular flexibility index (Phi) is 3.88. The summed E-state index contributed by atoms with van der Waals surface area (Å²) >= 11 is 0. The van der Waals surface area contributed by atoms with Gasteiger partial charge in [0, 0.05) is 5.69 Å². The van der Waals surface area contributed by atoms with Crippen molar-refractivity contribution < 1.29 is 5.11 Å². The molecule has 0 saturated heterocycles. The van der Waals surface area contributed by atoms with Gasteiger partial charge in [-0.3, -0.25) is 4.57 Å². The number of benzene rings is 1. The van der Waals surface area contributed by atoms with Gasteiger partial charge in [-0.25, -0.2) is 0 Å². The molecule has 0 bridgehead atoms. The summed E-state index contributed by atoms with van der Waals surface area (Å²) in [6, 6.07) is 8.30. The lowest BCUT2D eigenvalue weighted by Crippen LogP contribution is -2.00. The molecule has 0 saturated carbocycles. The SMILES string of the molecule is CCCCc1ccc(-n2cnnc2CO)cc1. The summed E-state index contributed by atoms with van der Waals surface area (Å²) in [7, 11) is 0. The lowest BCUT2D eigenvalue weighted by Gasteiger charge is -2.06. The van der Waals surface area contributed by atoms with E-state index in [1.54, 1.807) is 10.9 Å². The van der Waals surface area contributed by atoms with Crippen molar-refractivity contribution in [3.63, 3.8) is 0 Å². The Morgan fingerprint density at radius 2 is 2.00 bits per heavy atom. The molecule has 1 aromatic heterocycles. The van der Waals surface area contributed by atoms with Crippen LogP contribution in [0, 0.1) is 0 Å². The predicted molar refractivity (Wildman–Crippen MR) is 65.9 cm³/mol. The van der Waals surface area contributed by atoms with E-state index < -0.39 is 0 Å². The minimum atomic E-state index is -0.0996. The van der Waals surface area contributed by atoms with Crippen LogP contribution >= 0.6 is 0 Å². The molecule has 4 heteroatoms. The Morgan fingerprint density at radius 3 is 2.65 bits per heavy atom. The molecule has 0 aliphatic heterocycles. The van der Waals surface area contributed by atoms with Gasteiger partial charge in [0.15, 0.2) is 5.82 Å². The van der Waals surface area contributed by atoms with Crippen molar-refractivity contribution in [3.8, 4) is 5.69 Å². The van der Waals surface area contributed by atoms with Crippen molar-refractivity contribution in [1.29, 1.82) is 0 Å². The molecular weight excluding hydrogens is 214 g/mol. The zero-order chi connectivity index (χ0) is 12.1. The number of rotatable bonds is 5. The molecule has 90 valence electrons. The van der Waals surface area contributed by atoms with Gasteiger partial charge in [0.2, 0.25) is 0 Å². The zero-order valence-corrected chi connectivity index (χ0v) is 10.0. The highest BCUT2D eigenvalue weighted by atomic mass is 16.3. The summed E-state index contributed by atoms with van der Waals surface area (Å²) in [6.07, 6.45) is 5.16. The van der Waals surface area contributed by atoms with Crippen LogP contribution in [0.15, 0.2) is 30.6 Å². The fraction of sp³-hybridized carbons (Fsp3) is 0.385. The van der Waals surface area contributed by atoms with Crippen molar-refractivity contribution in [2.24, 2.45) is 0 Å². The third-order valence-corrected chi connectivity index (χ3v) is 2.79. The van der Waals surface area contributed by atoms with E-state index in [2.05, 4.69) is 29.3 Å². The fourth-order valence-corrected chi connectivity index (χ4v) is 1.79. The zero-order valence-electron chi connectivity index (χ0n) is 10.0. The minimum Gasteiger partial charge on any atom is -0.388 e. The first kappa shape index (κ1) is 11.8. The van der Waals surface area contributed by atoms with Crippen LogP contribution in [-0.2, 0) is 13.0 Å². The quantitative estimate of drug-likeness (QED) is 0.857. The maximum Gasteiger partial charge on any atom is 0.163 e. The third kappa shape index (κ3) is 2.71. The summed E-state index contributed by atoms with van der Waals surface area (Å²) < 4.78 is 1.80. The Morgan fingerprint density at radius 1 is 1.24 bits per heavy atom. The van der Waals surface area contributed by atoms with E-state index in [1.165, 1.54) is 18.4 Å². The van der Waals surface area contributed by atoms with Gasteiger partial charge in [0.05, 0.1) is 0 Å². The number of unbranched alkanes of at least 4 members (excludes halogenated alkanes) is 1. The summed E-state index contributed by atoms with van der Waals surface area (Å²) in [6.45, 7) is 2.09. The number of nitrogens with zero attached hydrogens (tertiary/aromatic N) is 3. The molecule has 0 radical (unpaired) electrons. The van der Waals surface area contributed by atoms with Gasteiger partial charge in [-0.05, 0) is 30.5 Å². The summed E-state index contributed by atoms with van der Waals surface area (Å²) in [5.41, 5.74) is 2.33. The molecular formula is C13H17N3O. The topological polar surface area (TPSA) is 50.9 Å². The van der Waals surface area contributed by atoms with Crippen LogP contribution in [0.1, 0.15) is 31.2 Å². The van der Waals surface area contributed by atoms with Crippen LogP contribution in [0.2, 0.25) is 0 Å². The molecule has 17 heavy (non-hydrogen) atoms. The van der Waals surface area contributed by atoms with Crippen LogP contribution in [0.25, 0.3) is 5.69 Å². The summed E-state index contributed by atoms with van der Waals surface area (Å²) in [5, 5.41) is 16.8. The molecule has 0 aliphatic carbocycles. The van der Waals surface area contributed by atoms with Gasteiger partial charge in [-0.2, -0.15) is 0 Å². The Balaban J connectivity index is 2.17. The first-order valence-electron chi connectivity index (χ1n) is 5.94. The van der Waals surface area contributed by atoms with Gasteiger partial charge >= 0.3 is 0 Å². The average Bonchev–Trinajstić information content (AvgIpc) is 2.85. The van der Waals surface area contributed by atoms with Crippen molar-refractivity contribution >= 4 is 0 Å². The Labute approximate surface area is 101 Å². The van der Waals surface area contributed by atoms with Crippen molar-refractivity contribution in [2.45, 2.75) is 32.8 Å². The molecule has 0 unspecified atom stereocenters. The van der Waals surface area contributed by atoms with Gasteiger partial charge < -0.3 is 5.11 Å². The summed E-state index contributed by atoms with van der Waals surface area (Å²) in [5.74, 6) is 0.561. The molecule has 0 aliphatic rings. The molecule has 1 aromatic carbocycles. The van der Waals surface area contributed by atoms with Crippen LogP contribution in [0.4, 0.5) is 0 Å². The first-order chi connectivity index (χ1) is 8.35. The highest BCUT2D eigenvalue weighted by Crippen LogP contribution is 2.13. The summed E-state index contributed by atoms with van der Waals surface area (Å²) in [4.78, 5) is 0. The lowest BCUT2D eigenvalue weighted by molar-refractivity contribution is 0.269. The maximum atomic E-state index is 9.12. The number of aliphatic hydroxyl groups excluding tert-OH is 1. The number of hydrogen-bond donors (Lipinski definition) is 1. The number of hydrogen-bond acceptors (Lipinski definition) is 3. The largest absolute Gasteiger partial charge is 0.388 e. The molecule has 0 amide bonds. The Bertz CT molecular complexity index is 462. The van der Waals surface area contributed by atoms with E-state index in [0.29, 0.717) is 5.82 Å². The van der Waals surface area contributed by atoms with Crippen LogP contribution in [0.3, 0.4) is 0 Å². The van der Waals surface area contributed by atoms with Gasteiger partial charge in [0.1, 0.15) is 12.9 Å². The third-order valence-electron chi connectivity index (χ3n) is 2.79. The van der Waals surface area contributed by atoms with Gasteiger partial charge in [-0.1, -0.05) is 25.5 Å².